The summed E-state index contributed by atoms with van der Waals surface area (Å²) in [6.07, 6.45) is 0.569. The standard InChI is InChI=1S/C12H20N2O2/c1-2-3-7-10(15)12(16)11-8(13)5-4-6-9(11)14/h4-6,10,12,15-16H,2-3,7,13-14H2,1H3/t10-,12+/m0/s1. The summed E-state index contributed by atoms with van der Waals surface area (Å²) in [5.41, 5.74) is 12.8. The number of hydrogen-bond acceptors (Lipinski definition) is 4. The van der Waals surface area contributed by atoms with Crippen LogP contribution in [0.4, 0.5) is 11.4 Å². The fourth-order valence-electron chi connectivity index (χ4n) is 1.71. The van der Waals surface area contributed by atoms with E-state index in [2.05, 4.69) is 0 Å². The van der Waals surface area contributed by atoms with Gasteiger partial charge in [-0.25, -0.2) is 0 Å². The summed E-state index contributed by atoms with van der Waals surface area (Å²) in [7, 11) is 0. The number of nitrogen functional groups attached to an aromatic ring is 2. The highest BCUT2D eigenvalue weighted by Gasteiger charge is 2.21. The van der Waals surface area contributed by atoms with Crippen LogP contribution in [0.3, 0.4) is 0 Å². The molecule has 0 aliphatic carbocycles. The smallest absolute Gasteiger partial charge is 0.109 e. The van der Waals surface area contributed by atoms with E-state index in [4.69, 9.17) is 11.5 Å². The number of unbranched alkanes of at least 4 members (excludes halogenated alkanes) is 1. The van der Waals surface area contributed by atoms with Gasteiger partial charge in [0.05, 0.1) is 6.10 Å². The second kappa shape index (κ2) is 5.72. The van der Waals surface area contributed by atoms with Gasteiger partial charge in [0.1, 0.15) is 6.10 Å². The maximum Gasteiger partial charge on any atom is 0.109 e. The summed E-state index contributed by atoms with van der Waals surface area (Å²) in [6, 6.07) is 5.06. The molecule has 0 spiro atoms. The van der Waals surface area contributed by atoms with E-state index < -0.39 is 12.2 Å². The van der Waals surface area contributed by atoms with Crippen LogP contribution in [0.25, 0.3) is 0 Å². The molecule has 1 rings (SSSR count). The summed E-state index contributed by atoms with van der Waals surface area (Å²) in [4.78, 5) is 0. The van der Waals surface area contributed by atoms with Crippen molar-refractivity contribution in [1.82, 2.24) is 0 Å². The lowest BCUT2D eigenvalue weighted by atomic mass is 9.97. The van der Waals surface area contributed by atoms with Crippen molar-refractivity contribution in [3.63, 3.8) is 0 Å². The first-order chi connectivity index (χ1) is 7.57. The first-order valence-electron chi connectivity index (χ1n) is 5.58. The molecule has 0 fully saturated rings. The van der Waals surface area contributed by atoms with Crippen LogP contribution in [0.2, 0.25) is 0 Å². The molecular formula is C12H20N2O2. The molecule has 1 aromatic rings. The van der Waals surface area contributed by atoms with Gasteiger partial charge in [0.2, 0.25) is 0 Å². The summed E-state index contributed by atoms with van der Waals surface area (Å²) in [5, 5.41) is 19.8. The van der Waals surface area contributed by atoms with E-state index in [1.54, 1.807) is 18.2 Å². The topological polar surface area (TPSA) is 92.5 Å². The lowest BCUT2D eigenvalue weighted by Crippen LogP contribution is -2.20. The molecule has 6 N–H and O–H groups in total. The van der Waals surface area contributed by atoms with E-state index in [9.17, 15) is 10.2 Å². The molecule has 0 aliphatic rings. The number of aliphatic hydroxyl groups is 2. The lowest BCUT2D eigenvalue weighted by molar-refractivity contribution is 0.0131. The van der Waals surface area contributed by atoms with E-state index in [-0.39, 0.29) is 0 Å². The predicted octanol–water partition coefficient (Wildman–Crippen LogP) is 1.44. The van der Waals surface area contributed by atoms with Crippen molar-refractivity contribution in [2.45, 2.75) is 38.4 Å². The third-order valence-corrected chi connectivity index (χ3v) is 2.69. The SMILES string of the molecule is CCCC[C@H](O)[C@@H](O)c1c(N)cccc1N. The first kappa shape index (κ1) is 12.8. The Hall–Kier alpha value is -1.26. The van der Waals surface area contributed by atoms with Crippen LogP contribution in [0.15, 0.2) is 18.2 Å². The van der Waals surface area contributed by atoms with E-state index in [1.807, 2.05) is 6.92 Å². The lowest BCUT2D eigenvalue weighted by Gasteiger charge is -2.20. The van der Waals surface area contributed by atoms with Gasteiger partial charge in [-0.05, 0) is 18.6 Å². The fourth-order valence-corrected chi connectivity index (χ4v) is 1.71. The number of rotatable bonds is 5. The minimum atomic E-state index is -1.01. The number of nitrogens with two attached hydrogens (primary N) is 2. The van der Waals surface area contributed by atoms with Crippen LogP contribution in [-0.4, -0.2) is 16.3 Å². The van der Waals surface area contributed by atoms with Crippen LogP contribution in [-0.2, 0) is 0 Å². The Balaban J connectivity index is 2.82. The van der Waals surface area contributed by atoms with Gasteiger partial charge in [-0.1, -0.05) is 25.8 Å². The van der Waals surface area contributed by atoms with Gasteiger partial charge in [0.25, 0.3) is 0 Å². The molecule has 4 heteroatoms. The Kier molecular flexibility index (Phi) is 4.58. The normalized spacial score (nSPS) is 14.7. The zero-order chi connectivity index (χ0) is 12.1. The summed E-state index contributed by atoms with van der Waals surface area (Å²) < 4.78 is 0. The van der Waals surface area contributed by atoms with Crippen LogP contribution < -0.4 is 11.5 Å². The summed E-state index contributed by atoms with van der Waals surface area (Å²) in [6.45, 7) is 2.03. The minimum Gasteiger partial charge on any atom is -0.398 e. The zero-order valence-corrected chi connectivity index (χ0v) is 9.56. The monoisotopic (exact) mass is 224 g/mol. The Morgan fingerprint density at radius 2 is 1.75 bits per heavy atom. The molecule has 16 heavy (non-hydrogen) atoms. The Morgan fingerprint density at radius 3 is 2.25 bits per heavy atom. The van der Waals surface area contributed by atoms with Crippen molar-refractivity contribution in [1.29, 1.82) is 0 Å². The number of anilines is 2. The highest BCUT2D eigenvalue weighted by molar-refractivity contribution is 5.62. The van der Waals surface area contributed by atoms with Gasteiger partial charge in [-0.3, -0.25) is 0 Å². The van der Waals surface area contributed by atoms with Crippen molar-refractivity contribution >= 4 is 11.4 Å². The van der Waals surface area contributed by atoms with Gasteiger partial charge >= 0.3 is 0 Å². The molecule has 0 unspecified atom stereocenters. The van der Waals surface area contributed by atoms with Crippen molar-refractivity contribution in [3.8, 4) is 0 Å². The molecule has 0 aromatic heterocycles. The number of aliphatic hydroxyl groups excluding tert-OH is 2. The first-order valence-corrected chi connectivity index (χ1v) is 5.58. The minimum absolute atomic E-state index is 0.419. The van der Waals surface area contributed by atoms with Crippen molar-refractivity contribution in [2.75, 3.05) is 11.5 Å². The predicted molar refractivity (Wildman–Crippen MR) is 65.8 cm³/mol. The Labute approximate surface area is 95.9 Å². The zero-order valence-electron chi connectivity index (χ0n) is 9.56. The van der Waals surface area contributed by atoms with Gasteiger partial charge in [-0.2, -0.15) is 0 Å². The molecule has 90 valence electrons. The van der Waals surface area contributed by atoms with Crippen molar-refractivity contribution in [3.05, 3.63) is 23.8 Å². The van der Waals surface area contributed by atoms with Crippen molar-refractivity contribution < 1.29 is 10.2 Å². The van der Waals surface area contributed by atoms with Gasteiger partial charge in [0, 0.05) is 16.9 Å². The van der Waals surface area contributed by atoms with E-state index in [0.717, 1.165) is 12.8 Å². The molecule has 0 aliphatic heterocycles. The quantitative estimate of drug-likeness (QED) is 0.569. The Bertz CT molecular complexity index is 322. The molecular weight excluding hydrogens is 204 g/mol. The highest BCUT2D eigenvalue weighted by Crippen LogP contribution is 2.30. The molecule has 0 saturated carbocycles. The largest absolute Gasteiger partial charge is 0.398 e. The number of benzene rings is 1. The fraction of sp³-hybridized carbons (Fsp3) is 0.500. The molecule has 0 amide bonds. The molecule has 4 nitrogen and oxygen atoms in total. The molecule has 2 atom stereocenters. The highest BCUT2D eigenvalue weighted by atomic mass is 16.3. The molecule has 1 aromatic carbocycles. The average Bonchev–Trinajstić information content (AvgIpc) is 2.25. The third kappa shape index (κ3) is 2.87. The maximum absolute atomic E-state index is 9.97. The summed E-state index contributed by atoms with van der Waals surface area (Å²) in [5.74, 6) is 0. The van der Waals surface area contributed by atoms with E-state index in [0.29, 0.717) is 23.4 Å². The van der Waals surface area contributed by atoms with Crippen LogP contribution >= 0.6 is 0 Å². The third-order valence-electron chi connectivity index (χ3n) is 2.69. The van der Waals surface area contributed by atoms with Crippen LogP contribution in [0, 0.1) is 0 Å². The van der Waals surface area contributed by atoms with Gasteiger partial charge < -0.3 is 21.7 Å². The number of hydrogen-bond donors (Lipinski definition) is 4. The van der Waals surface area contributed by atoms with Crippen LogP contribution in [0.5, 0.6) is 0 Å². The Morgan fingerprint density at radius 1 is 1.19 bits per heavy atom. The van der Waals surface area contributed by atoms with E-state index >= 15 is 0 Å². The second-order valence-corrected chi connectivity index (χ2v) is 4.00. The molecule has 0 saturated heterocycles. The average molecular weight is 224 g/mol. The van der Waals surface area contributed by atoms with Crippen molar-refractivity contribution in [2.24, 2.45) is 0 Å². The molecule has 0 radical (unpaired) electrons. The molecule has 0 heterocycles. The maximum atomic E-state index is 9.97. The van der Waals surface area contributed by atoms with Crippen LogP contribution in [0.1, 0.15) is 37.9 Å². The van der Waals surface area contributed by atoms with E-state index in [1.165, 1.54) is 0 Å². The second-order valence-electron chi connectivity index (χ2n) is 4.00. The molecule has 0 bridgehead atoms. The van der Waals surface area contributed by atoms with Gasteiger partial charge in [0.15, 0.2) is 0 Å². The summed E-state index contributed by atoms with van der Waals surface area (Å²) >= 11 is 0. The van der Waals surface area contributed by atoms with Gasteiger partial charge in [-0.15, -0.1) is 0 Å².